The molecule has 0 aromatic heterocycles. The molecule has 10 nitrogen and oxygen atoms in total. The number of hydrogen-bond acceptors (Lipinski definition) is 9. The molecule has 0 spiro atoms. The predicted molar refractivity (Wildman–Crippen MR) is 108 cm³/mol. The van der Waals surface area contributed by atoms with Gasteiger partial charge in [0.25, 0.3) is 0 Å². The monoisotopic (exact) mass is 475 g/mol. The van der Waals surface area contributed by atoms with E-state index in [9.17, 15) is 15.0 Å². The van der Waals surface area contributed by atoms with Gasteiger partial charge in [0.05, 0.1) is 13.1 Å². The first-order chi connectivity index (χ1) is 14.4. The number of hydrogen-bond donors (Lipinski definition) is 4. The fourth-order valence-electron chi connectivity index (χ4n) is 2.16. The summed E-state index contributed by atoms with van der Waals surface area (Å²) in [6.07, 6.45) is 2.85. The Balaban J connectivity index is 0.00000480. The third-order valence-corrected chi connectivity index (χ3v) is 3.51. The number of phenols is 2. The molecule has 0 amide bonds. The van der Waals surface area contributed by atoms with Gasteiger partial charge in [-0.05, 0) is 43.0 Å². The zero-order valence-corrected chi connectivity index (χ0v) is 17.1. The number of rotatable bonds is 11. The molecule has 0 aliphatic rings. The van der Waals surface area contributed by atoms with Crippen molar-refractivity contribution in [2.75, 3.05) is 19.7 Å². The Bertz CT molecular complexity index is 962. The Labute approximate surface area is 187 Å². The summed E-state index contributed by atoms with van der Waals surface area (Å²) in [5, 5.41) is 36.8. The van der Waals surface area contributed by atoms with Crippen molar-refractivity contribution >= 4 is 18.4 Å². The van der Waals surface area contributed by atoms with E-state index in [4.69, 9.17) is 19.8 Å². The quantitative estimate of drug-likeness (QED) is 0.127. The Morgan fingerprint density at radius 1 is 0.968 bits per heavy atom. The summed E-state index contributed by atoms with van der Waals surface area (Å²) in [6, 6.07) is 8.63. The van der Waals surface area contributed by atoms with Crippen molar-refractivity contribution in [2.24, 2.45) is 9.98 Å². The average molecular weight is 475 g/mol. The van der Waals surface area contributed by atoms with E-state index in [1.54, 1.807) is 0 Å². The Hall–Kier alpha value is -3.54. The molecule has 167 valence electrons. The van der Waals surface area contributed by atoms with Gasteiger partial charge in [0.1, 0.15) is 23.0 Å². The molecule has 31 heavy (non-hydrogen) atoms. The third-order valence-electron chi connectivity index (χ3n) is 3.51. The van der Waals surface area contributed by atoms with Crippen molar-refractivity contribution in [1.29, 1.82) is 0 Å². The number of aromatic hydroxyl groups is 2. The van der Waals surface area contributed by atoms with Crippen LogP contribution in [0.15, 0.2) is 58.9 Å². The SMILES string of the molecule is C=C(OO)Oc1ccc(O)c(C=NCCN=Cc2cc(OCC(=O)O)ccc2O)c1.[Co]. The molecule has 1 radical (unpaired) electrons. The molecule has 11 heteroatoms. The maximum Gasteiger partial charge on any atom is 0.341 e. The van der Waals surface area contributed by atoms with Gasteiger partial charge in [0, 0.05) is 40.3 Å². The molecule has 0 saturated heterocycles. The molecule has 0 heterocycles. The fourth-order valence-corrected chi connectivity index (χ4v) is 2.16. The molecule has 0 bridgehead atoms. The second-order valence-electron chi connectivity index (χ2n) is 5.76. The normalized spacial score (nSPS) is 10.6. The maximum atomic E-state index is 10.5. The van der Waals surface area contributed by atoms with Gasteiger partial charge in [-0.1, -0.05) is 0 Å². The summed E-state index contributed by atoms with van der Waals surface area (Å²) in [7, 11) is 0. The number of benzene rings is 2. The molecule has 4 N–H and O–H groups in total. The van der Waals surface area contributed by atoms with Crippen LogP contribution in [-0.2, 0) is 26.5 Å². The predicted octanol–water partition coefficient (Wildman–Crippen LogP) is 2.44. The number of aliphatic imine (C=N–C) groups is 2. The molecule has 0 aliphatic carbocycles. The van der Waals surface area contributed by atoms with Crippen LogP contribution in [0.3, 0.4) is 0 Å². The van der Waals surface area contributed by atoms with Crippen LogP contribution < -0.4 is 9.47 Å². The standard InChI is InChI=1S/C20H20N2O8.Co/c1-13(30-27)29-17-3-5-19(24)15(9-17)11-22-7-6-21-10-14-8-16(2-4-18(14)23)28-12-20(25)26;/h2-5,8-11,23-24,27H,1,6-7,12H2,(H,25,26);. The van der Waals surface area contributed by atoms with Crippen molar-refractivity contribution in [1.82, 2.24) is 0 Å². The Morgan fingerprint density at radius 2 is 1.48 bits per heavy atom. The number of aliphatic carboxylic acids is 1. The van der Waals surface area contributed by atoms with Crippen LogP contribution in [0.5, 0.6) is 23.0 Å². The molecule has 0 saturated carbocycles. The molecular formula is C20H20CoN2O8. The van der Waals surface area contributed by atoms with E-state index < -0.39 is 12.6 Å². The summed E-state index contributed by atoms with van der Waals surface area (Å²) in [6.45, 7) is 3.41. The van der Waals surface area contributed by atoms with Crippen LogP contribution in [0.25, 0.3) is 0 Å². The average Bonchev–Trinajstić information content (AvgIpc) is 2.72. The third kappa shape index (κ3) is 8.78. The topological polar surface area (TPSA) is 150 Å². The minimum Gasteiger partial charge on any atom is -0.507 e. The summed E-state index contributed by atoms with van der Waals surface area (Å²) in [5.74, 6) is -0.897. The van der Waals surface area contributed by atoms with Crippen LogP contribution in [0.1, 0.15) is 11.1 Å². The van der Waals surface area contributed by atoms with Gasteiger partial charge in [0.2, 0.25) is 0 Å². The number of phenolic OH excluding ortho intramolecular Hbond substituents is 2. The fraction of sp³-hybridized carbons (Fsp3) is 0.150. The second kappa shape index (κ2) is 12.9. The number of carboxylic acids is 1. The van der Waals surface area contributed by atoms with Crippen LogP contribution >= 0.6 is 0 Å². The van der Waals surface area contributed by atoms with Crippen molar-refractivity contribution < 1.29 is 56.5 Å². The van der Waals surface area contributed by atoms with Crippen LogP contribution in [0.2, 0.25) is 0 Å². The number of nitrogens with zero attached hydrogens (tertiary/aromatic N) is 2. The molecule has 0 atom stereocenters. The van der Waals surface area contributed by atoms with E-state index in [2.05, 4.69) is 21.5 Å². The van der Waals surface area contributed by atoms with Gasteiger partial charge in [0.15, 0.2) is 6.61 Å². The van der Waals surface area contributed by atoms with E-state index in [0.717, 1.165) is 0 Å². The van der Waals surface area contributed by atoms with E-state index in [1.165, 1.54) is 48.8 Å². The molecule has 2 aromatic carbocycles. The molecule has 2 rings (SSSR count). The van der Waals surface area contributed by atoms with Crippen LogP contribution in [0, 0.1) is 0 Å². The van der Waals surface area contributed by atoms with E-state index in [-0.39, 0.29) is 40.0 Å². The summed E-state index contributed by atoms with van der Waals surface area (Å²) < 4.78 is 10.1. The van der Waals surface area contributed by atoms with Crippen molar-refractivity contribution in [2.45, 2.75) is 0 Å². The summed E-state index contributed by atoms with van der Waals surface area (Å²) >= 11 is 0. The number of ether oxygens (including phenoxy) is 2. The largest absolute Gasteiger partial charge is 0.507 e. The minimum atomic E-state index is -1.11. The van der Waals surface area contributed by atoms with Crippen LogP contribution in [-0.4, -0.2) is 58.7 Å². The van der Waals surface area contributed by atoms with Crippen LogP contribution in [0.4, 0.5) is 0 Å². The van der Waals surface area contributed by atoms with Crippen molar-refractivity contribution in [3.8, 4) is 23.0 Å². The number of carbonyl (C=O) groups is 1. The Kier molecular flexibility index (Phi) is 10.6. The van der Waals surface area contributed by atoms with Gasteiger partial charge in [-0.15, -0.1) is 0 Å². The Morgan fingerprint density at radius 3 is 2.00 bits per heavy atom. The number of carboxylic acid groups (broad SMARTS) is 1. The summed E-state index contributed by atoms with van der Waals surface area (Å²) in [4.78, 5) is 22.7. The van der Waals surface area contributed by atoms with Gasteiger partial charge in [-0.25, -0.2) is 4.79 Å². The summed E-state index contributed by atoms with van der Waals surface area (Å²) in [5.41, 5.74) is 0.749. The molecule has 0 fully saturated rings. The first kappa shape index (κ1) is 25.5. The second-order valence-corrected chi connectivity index (χ2v) is 5.76. The van der Waals surface area contributed by atoms with Crippen molar-refractivity contribution in [3.05, 3.63) is 60.0 Å². The maximum absolute atomic E-state index is 10.5. The zero-order valence-electron chi connectivity index (χ0n) is 16.1. The van der Waals surface area contributed by atoms with Gasteiger partial charge in [-0.3, -0.25) is 9.98 Å². The van der Waals surface area contributed by atoms with Gasteiger partial charge >= 0.3 is 11.9 Å². The molecule has 0 unspecified atom stereocenters. The van der Waals surface area contributed by atoms with Gasteiger partial charge in [-0.2, -0.15) is 5.26 Å². The molecular weight excluding hydrogens is 455 g/mol. The zero-order chi connectivity index (χ0) is 21.9. The first-order valence-corrected chi connectivity index (χ1v) is 8.57. The molecule has 2 aromatic rings. The molecule has 0 aliphatic heterocycles. The van der Waals surface area contributed by atoms with Crippen molar-refractivity contribution in [3.63, 3.8) is 0 Å². The smallest absolute Gasteiger partial charge is 0.341 e. The van der Waals surface area contributed by atoms with E-state index in [1.807, 2.05) is 0 Å². The first-order valence-electron chi connectivity index (χ1n) is 8.57. The minimum absolute atomic E-state index is 0. The van der Waals surface area contributed by atoms with E-state index >= 15 is 0 Å². The van der Waals surface area contributed by atoms with E-state index in [0.29, 0.717) is 30.0 Å². The van der Waals surface area contributed by atoms with Gasteiger partial charge < -0.3 is 29.7 Å².